The van der Waals surface area contributed by atoms with Crippen molar-refractivity contribution in [3.63, 3.8) is 0 Å². The van der Waals surface area contributed by atoms with Crippen molar-refractivity contribution in [2.45, 2.75) is 19.8 Å². The molecule has 1 N–H and O–H groups in total. The molecule has 0 bridgehead atoms. The molecule has 0 aliphatic carbocycles. The number of halogens is 2. The Morgan fingerprint density at radius 3 is 2.48 bits per heavy atom. The molecule has 27 heavy (non-hydrogen) atoms. The first-order valence-corrected chi connectivity index (χ1v) is 10.3. The van der Waals surface area contributed by atoms with E-state index in [1.54, 1.807) is 0 Å². The first-order valence-electron chi connectivity index (χ1n) is 8.42. The first kappa shape index (κ1) is 20.8. The van der Waals surface area contributed by atoms with E-state index in [1.165, 1.54) is 0 Å². The lowest BCUT2D eigenvalue weighted by Gasteiger charge is -2.22. The van der Waals surface area contributed by atoms with Gasteiger partial charge in [0, 0.05) is 12.6 Å². The summed E-state index contributed by atoms with van der Waals surface area (Å²) in [6.45, 7) is 1.87. The van der Waals surface area contributed by atoms with Crippen LogP contribution in [0.3, 0.4) is 0 Å². The maximum Gasteiger partial charge on any atom is 0.240 e. The second-order valence-corrected chi connectivity index (χ2v) is 8.22. The van der Waals surface area contributed by atoms with Crippen LogP contribution in [0.4, 0.5) is 14.5 Å². The number of hydrogen-bond donors (Lipinski definition) is 1. The van der Waals surface area contributed by atoms with Gasteiger partial charge in [-0.15, -0.1) is 0 Å². The Balaban J connectivity index is 1.93. The molecule has 0 fully saturated rings. The molecule has 1 amide bonds. The number of carbonyl (C=O) groups excluding carboxylic acids is 1. The minimum absolute atomic E-state index is 0.105. The highest BCUT2D eigenvalue weighted by molar-refractivity contribution is 7.92. The number of hydrogen-bond acceptors (Lipinski definition) is 3. The van der Waals surface area contributed by atoms with E-state index in [0.29, 0.717) is 13.0 Å². The Bertz CT molecular complexity index is 917. The molecule has 0 aliphatic rings. The average molecular weight is 396 g/mol. The van der Waals surface area contributed by atoms with Gasteiger partial charge in [-0.1, -0.05) is 29.8 Å². The van der Waals surface area contributed by atoms with Crippen molar-refractivity contribution >= 4 is 21.6 Å². The zero-order chi connectivity index (χ0) is 20.0. The number of benzene rings is 2. The van der Waals surface area contributed by atoms with Crippen molar-refractivity contribution in [1.29, 1.82) is 0 Å². The Morgan fingerprint density at radius 1 is 1.11 bits per heavy atom. The molecule has 0 saturated carbocycles. The largest absolute Gasteiger partial charge is 0.355 e. The molecule has 2 rings (SSSR count). The molecule has 0 radical (unpaired) electrons. The first-order chi connectivity index (χ1) is 12.7. The molecule has 146 valence electrons. The lowest BCUT2D eigenvalue weighted by atomic mass is 10.1. The number of amides is 1. The lowest BCUT2D eigenvalue weighted by molar-refractivity contribution is -0.119. The topological polar surface area (TPSA) is 66.5 Å². The molecule has 2 aromatic carbocycles. The predicted octanol–water partition coefficient (Wildman–Crippen LogP) is 2.79. The normalized spacial score (nSPS) is 11.3. The maximum atomic E-state index is 13.4. The van der Waals surface area contributed by atoms with Crippen molar-refractivity contribution in [2.24, 2.45) is 0 Å². The van der Waals surface area contributed by atoms with E-state index in [0.717, 1.165) is 46.3 Å². The number of nitrogens with zero attached hydrogens (tertiary/aromatic N) is 1. The van der Waals surface area contributed by atoms with Gasteiger partial charge in [-0.05, 0) is 37.5 Å². The molecule has 8 heteroatoms. The molecule has 0 unspecified atom stereocenters. The highest BCUT2D eigenvalue weighted by Crippen LogP contribution is 2.20. The third-order valence-corrected chi connectivity index (χ3v) is 5.07. The molecule has 0 aromatic heterocycles. The number of anilines is 1. The minimum atomic E-state index is -3.84. The van der Waals surface area contributed by atoms with E-state index in [2.05, 4.69) is 11.4 Å². The average Bonchev–Trinajstić information content (AvgIpc) is 2.58. The monoisotopic (exact) mass is 396 g/mol. The van der Waals surface area contributed by atoms with Crippen molar-refractivity contribution in [3.05, 3.63) is 65.2 Å². The van der Waals surface area contributed by atoms with Crippen LogP contribution in [-0.4, -0.2) is 33.7 Å². The fraction of sp³-hybridized carbons (Fsp3) is 0.316. The summed E-state index contributed by atoms with van der Waals surface area (Å²) in [5.41, 5.74) is 2.21. The highest BCUT2D eigenvalue weighted by Gasteiger charge is 2.21. The summed E-state index contributed by atoms with van der Waals surface area (Å²) in [5, 5.41) is 2.65. The molecule has 0 saturated heterocycles. The Labute approximate surface area is 158 Å². The van der Waals surface area contributed by atoms with Crippen molar-refractivity contribution < 1.29 is 22.0 Å². The number of carbonyl (C=O) groups is 1. The van der Waals surface area contributed by atoms with Crippen LogP contribution in [0.25, 0.3) is 0 Å². The van der Waals surface area contributed by atoms with Gasteiger partial charge in [-0.25, -0.2) is 17.2 Å². The van der Waals surface area contributed by atoms with Gasteiger partial charge in [0.1, 0.15) is 6.54 Å². The van der Waals surface area contributed by atoms with Gasteiger partial charge in [-0.3, -0.25) is 9.10 Å². The van der Waals surface area contributed by atoms with Gasteiger partial charge in [-0.2, -0.15) is 0 Å². The van der Waals surface area contributed by atoms with E-state index in [9.17, 15) is 22.0 Å². The number of aryl methyl sites for hydroxylation is 2. The van der Waals surface area contributed by atoms with Crippen LogP contribution in [0.15, 0.2) is 42.5 Å². The predicted molar refractivity (Wildman–Crippen MR) is 101 cm³/mol. The van der Waals surface area contributed by atoms with Gasteiger partial charge in [0.05, 0.1) is 11.9 Å². The van der Waals surface area contributed by atoms with Crippen molar-refractivity contribution in [1.82, 2.24) is 5.32 Å². The fourth-order valence-corrected chi connectivity index (χ4v) is 3.46. The Morgan fingerprint density at radius 2 is 1.85 bits per heavy atom. The van der Waals surface area contributed by atoms with E-state index in [1.807, 2.05) is 25.1 Å². The summed E-state index contributed by atoms with van der Waals surface area (Å²) in [5.74, 6) is -2.79. The number of nitrogens with one attached hydrogen (secondary N) is 1. The standard InChI is InChI=1S/C19H22F2N2O3S/c1-14-5-3-6-15(11-14)7-4-10-22-19(24)13-23(27(2,25)26)16-8-9-17(20)18(21)12-16/h3,5-6,8-9,11-12H,4,7,10,13H2,1-2H3,(H,22,24). The third kappa shape index (κ3) is 6.32. The van der Waals surface area contributed by atoms with Gasteiger partial charge >= 0.3 is 0 Å². The molecular formula is C19H22F2N2O3S. The van der Waals surface area contributed by atoms with Gasteiger partial charge in [0.25, 0.3) is 0 Å². The molecular weight excluding hydrogens is 374 g/mol. The van der Waals surface area contributed by atoms with E-state index < -0.39 is 34.1 Å². The summed E-state index contributed by atoms with van der Waals surface area (Å²) in [7, 11) is -3.84. The van der Waals surface area contributed by atoms with Crippen LogP contribution < -0.4 is 9.62 Å². The summed E-state index contributed by atoms with van der Waals surface area (Å²) >= 11 is 0. The smallest absolute Gasteiger partial charge is 0.240 e. The van der Waals surface area contributed by atoms with Crippen molar-refractivity contribution in [2.75, 3.05) is 23.7 Å². The highest BCUT2D eigenvalue weighted by atomic mass is 32.2. The summed E-state index contributed by atoms with van der Waals surface area (Å²) in [4.78, 5) is 12.1. The summed E-state index contributed by atoms with van der Waals surface area (Å²) < 4.78 is 51.1. The molecule has 0 atom stereocenters. The second kappa shape index (κ2) is 8.94. The molecule has 5 nitrogen and oxygen atoms in total. The van der Waals surface area contributed by atoms with Crippen LogP contribution >= 0.6 is 0 Å². The molecule has 2 aromatic rings. The van der Waals surface area contributed by atoms with Gasteiger partial charge < -0.3 is 5.32 Å². The summed E-state index contributed by atoms with van der Waals surface area (Å²) in [6.07, 6.45) is 2.37. The van der Waals surface area contributed by atoms with Crippen LogP contribution in [0.1, 0.15) is 17.5 Å². The molecule has 0 spiro atoms. The zero-order valence-electron chi connectivity index (χ0n) is 15.2. The van der Waals surface area contributed by atoms with Crippen LogP contribution in [0, 0.1) is 18.6 Å². The SMILES string of the molecule is Cc1cccc(CCCNC(=O)CN(c2ccc(F)c(F)c2)S(C)(=O)=O)c1. The zero-order valence-corrected chi connectivity index (χ0v) is 16.0. The Hall–Kier alpha value is -2.48. The number of sulfonamides is 1. The number of rotatable bonds is 8. The molecule has 0 heterocycles. The van der Waals surface area contributed by atoms with E-state index >= 15 is 0 Å². The lowest BCUT2D eigenvalue weighted by Crippen LogP contribution is -2.40. The molecule has 0 aliphatic heterocycles. The quantitative estimate of drug-likeness (QED) is 0.698. The van der Waals surface area contributed by atoms with Crippen molar-refractivity contribution in [3.8, 4) is 0 Å². The summed E-state index contributed by atoms with van der Waals surface area (Å²) in [6, 6.07) is 10.7. The van der Waals surface area contributed by atoms with Gasteiger partial charge in [0.15, 0.2) is 11.6 Å². The second-order valence-electron chi connectivity index (χ2n) is 6.31. The minimum Gasteiger partial charge on any atom is -0.355 e. The van der Waals surface area contributed by atoms with Crippen LogP contribution in [-0.2, 0) is 21.2 Å². The van der Waals surface area contributed by atoms with Crippen LogP contribution in [0.5, 0.6) is 0 Å². The third-order valence-electron chi connectivity index (χ3n) is 3.93. The van der Waals surface area contributed by atoms with E-state index in [-0.39, 0.29) is 5.69 Å². The fourth-order valence-electron chi connectivity index (χ4n) is 2.61. The Kier molecular flexibility index (Phi) is 6.90. The van der Waals surface area contributed by atoms with E-state index in [4.69, 9.17) is 0 Å². The van der Waals surface area contributed by atoms with Crippen LogP contribution in [0.2, 0.25) is 0 Å². The maximum absolute atomic E-state index is 13.4. The van der Waals surface area contributed by atoms with Gasteiger partial charge in [0.2, 0.25) is 15.9 Å².